The van der Waals surface area contributed by atoms with Gasteiger partial charge in [0, 0.05) is 19.1 Å². The lowest BCUT2D eigenvalue weighted by molar-refractivity contribution is 0.0200. The van der Waals surface area contributed by atoms with E-state index in [4.69, 9.17) is 4.74 Å². The SMILES string of the molecule is C=C(NC1CCN(C(=O)OC(C)(C)C)CC1)NC(C)(C)c1cccc(C(C)C)c1. The van der Waals surface area contributed by atoms with Gasteiger partial charge in [-0.25, -0.2) is 4.79 Å². The van der Waals surface area contributed by atoms with Gasteiger partial charge < -0.3 is 20.3 Å². The van der Waals surface area contributed by atoms with Crippen molar-refractivity contribution in [3.8, 4) is 0 Å². The number of hydrogen-bond acceptors (Lipinski definition) is 4. The monoisotopic (exact) mass is 401 g/mol. The topological polar surface area (TPSA) is 53.6 Å². The summed E-state index contributed by atoms with van der Waals surface area (Å²) in [7, 11) is 0. The molecule has 1 aromatic carbocycles. The van der Waals surface area contributed by atoms with Gasteiger partial charge >= 0.3 is 6.09 Å². The smallest absolute Gasteiger partial charge is 0.410 e. The van der Waals surface area contributed by atoms with Gasteiger partial charge in [0.05, 0.1) is 11.4 Å². The van der Waals surface area contributed by atoms with Crippen LogP contribution in [0.3, 0.4) is 0 Å². The number of nitrogens with zero attached hydrogens (tertiary/aromatic N) is 1. The maximum Gasteiger partial charge on any atom is 0.410 e. The highest BCUT2D eigenvalue weighted by Crippen LogP contribution is 2.25. The fraction of sp³-hybridized carbons (Fsp3) is 0.625. The lowest BCUT2D eigenvalue weighted by Gasteiger charge is -2.36. The van der Waals surface area contributed by atoms with E-state index < -0.39 is 5.60 Å². The number of piperidine rings is 1. The molecule has 1 saturated heterocycles. The van der Waals surface area contributed by atoms with E-state index in [1.54, 1.807) is 4.90 Å². The second kappa shape index (κ2) is 9.10. The van der Waals surface area contributed by atoms with Crippen LogP contribution in [0.15, 0.2) is 36.7 Å². The predicted octanol–water partition coefficient (Wildman–Crippen LogP) is 5.10. The summed E-state index contributed by atoms with van der Waals surface area (Å²) in [5.74, 6) is 1.32. The van der Waals surface area contributed by atoms with E-state index in [0.717, 1.165) is 18.7 Å². The number of amides is 1. The lowest BCUT2D eigenvalue weighted by Crippen LogP contribution is -2.49. The number of hydrogen-bond donors (Lipinski definition) is 2. The lowest BCUT2D eigenvalue weighted by atomic mass is 9.90. The molecule has 1 fully saturated rings. The number of carbonyl (C=O) groups excluding carboxylic acids is 1. The molecule has 1 amide bonds. The first-order valence-corrected chi connectivity index (χ1v) is 10.7. The molecule has 0 unspecified atom stereocenters. The van der Waals surface area contributed by atoms with Crippen LogP contribution in [0.2, 0.25) is 0 Å². The highest BCUT2D eigenvalue weighted by atomic mass is 16.6. The molecule has 1 aromatic rings. The molecule has 29 heavy (non-hydrogen) atoms. The van der Waals surface area contributed by atoms with Crippen molar-refractivity contribution < 1.29 is 9.53 Å². The molecule has 0 radical (unpaired) electrons. The van der Waals surface area contributed by atoms with E-state index in [0.29, 0.717) is 25.0 Å². The molecule has 5 nitrogen and oxygen atoms in total. The Morgan fingerprint density at radius 3 is 2.34 bits per heavy atom. The van der Waals surface area contributed by atoms with Crippen LogP contribution in [0.4, 0.5) is 4.79 Å². The third-order valence-corrected chi connectivity index (χ3v) is 5.26. The highest BCUT2D eigenvalue weighted by Gasteiger charge is 2.28. The number of carbonyl (C=O) groups is 1. The number of likely N-dealkylation sites (tertiary alicyclic amines) is 1. The number of nitrogens with one attached hydrogen (secondary N) is 2. The van der Waals surface area contributed by atoms with E-state index in [1.165, 1.54) is 11.1 Å². The van der Waals surface area contributed by atoms with Crippen LogP contribution in [0.25, 0.3) is 0 Å². The van der Waals surface area contributed by atoms with Crippen molar-refractivity contribution in [3.63, 3.8) is 0 Å². The van der Waals surface area contributed by atoms with Crippen molar-refractivity contribution >= 4 is 6.09 Å². The van der Waals surface area contributed by atoms with Crippen LogP contribution in [0.1, 0.15) is 78.4 Å². The Hall–Kier alpha value is -2.17. The third-order valence-electron chi connectivity index (χ3n) is 5.26. The molecule has 1 aliphatic heterocycles. The Labute approximate surface area is 176 Å². The van der Waals surface area contributed by atoms with Crippen molar-refractivity contribution in [2.24, 2.45) is 0 Å². The molecular weight excluding hydrogens is 362 g/mol. The molecule has 0 aliphatic carbocycles. The van der Waals surface area contributed by atoms with Gasteiger partial charge in [-0.2, -0.15) is 0 Å². The van der Waals surface area contributed by atoms with Gasteiger partial charge in [0.1, 0.15) is 5.60 Å². The zero-order valence-corrected chi connectivity index (χ0v) is 19.3. The molecule has 0 saturated carbocycles. The summed E-state index contributed by atoms with van der Waals surface area (Å²) in [5, 5.41) is 7.05. The summed E-state index contributed by atoms with van der Waals surface area (Å²) in [6.45, 7) is 20.0. The Bertz CT molecular complexity index is 711. The molecular formula is C24H39N3O2. The summed E-state index contributed by atoms with van der Waals surface area (Å²) in [5.41, 5.74) is 1.89. The van der Waals surface area contributed by atoms with Crippen LogP contribution in [0.5, 0.6) is 0 Å². The van der Waals surface area contributed by atoms with Gasteiger partial charge in [0.15, 0.2) is 0 Å². The molecule has 162 valence electrons. The summed E-state index contributed by atoms with van der Waals surface area (Å²) in [6.07, 6.45) is 1.53. The van der Waals surface area contributed by atoms with Crippen LogP contribution in [-0.4, -0.2) is 35.7 Å². The molecule has 0 spiro atoms. The van der Waals surface area contributed by atoms with Crippen molar-refractivity contribution in [2.45, 2.75) is 84.4 Å². The minimum Gasteiger partial charge on any atom is -0.444 e. The Kier molecular flexibility index (Phi) is 7.25. The normalized spacial score (nSPS) is 15.9. The second-order valence-corrected chi connectivity index (χ2v) is 9.89. The van der Waals surface area contributed by atoms with Gasteiger partial charge in [-0.05, 0) is 64.5 Å². The van der Waals surface area contributed by atoms with Crippen LogP contribution >= 0.6 is 0 Å². The largest absolute Gasteiger partial charge is 0.444 e. The molecule has 1 heterocycles. The zero-order valence-electron chi connectivity index (χ0n) is 19.3. The Morgan fingerprint density at radius 2 is 1.79 bits per heavy atom. The average molecular weight is 402 g/mol. The molecule has 2 rings (SSSR count). The minimum absolute atomic E-state index is 0.223. The number of benzene rings is 1. The van der Waals surface area contributed by atoms with E-state index in [2.05, 4.69) is 69.2 Å². The minimum atomic E-state index is -0.456. The predicted molar refractivity (Wildman–Crippen MR) is 120 cm³/mol. The van der Waals surface area contributed by atoms with Gasteiger partial charge in [0.25, 0.3) is 0 Å². The van der Waals surface area contributed by atoms with E-state index in [-0.39, 0.29) is 11.6 Å². The highest BCUT2D eigenvalue weighted by molar-refractivity contribution is 5.68. The van der Waals surface area contributed by atoms with E-state index in [9.17, 15) is 4.79 Å². The van der Waals surface area contributed by atoms with Crippen LogP contribution in [-0.2, 0) is 10.3 Å². The van der Waals surface area contributed by atoms with Crippen LogP contribution < -0.4 is 10.6 Å². The summed E-state index contributed by atoms with van der Waals surface area (Å²) < 4.78 is 5.47. The zero-order chi connectivity index (χ0) is 21.8. The second-order valence-electron chi connectivity index (χ2n) is 9.89. The molecule has 2 N–H and O–H groups in total. The average Bonchev–Trinajstić information content (AvgIpc) is 2.60. The van der Waals surface area contributed by atoms with E-state index >= 15 is 0 Å². The Balaban J connectivity index is 1.87. The number of rotatable bonds is 6. The molecule has 5 heteroatoms. The first-order valence-electron chi connectivity index (χ1n) is 10.7. The van der Waals surface area contributed by atoms with Gasteiger partial charge in [-0.1, -0.05) is 44.7 Å². The maximum absolute atomic E-state index is 12.2. The van der Waals surface area contributed by atoms with Crippen molar-refractivity contribution in [2.75, 3.05) is 13.1 Å². The summed E-state index contributed by atoms with van der Waals surface area (Å²) >= 11 is 0. The third kappa shape index (κ3) is 6.98. The quantitative estimate of drug-likeness (QED) is 0.697. The Morgan fingerprint density at radius 1 is 1.17 bits per heavy atom. The van der Waals surface area contributed by atoms with Gasteiger partial charge in [-0.15, -0.1) is 0 Å². The number of ether oxygens (including phenoxy) is 1. The molecule has 0 aromatic heterocycles. The van der Waals surface area contributed by atoms with Gasteiger partial charge in [0.2, 0.25) is 0 Å². The summed E-state index contributed by atoms with van der Waals surface area (Å²) in [4.78, 5) is 14.0. The fourth-order valence-corrected chi connectivity index (χ4v) is 3.55. The van der Waals surface area contributed by atoms with Crippen molar-refractivity contribution in [3.05, 3.63) is 47.8 Å². The maximum atomic E-state index is 12.2. The first-order chi connectivity index (χ1) is 13.4. The molecule has 0 atom stereocenters. The standard InChI is InChI=1S/C24H39N3O2/c1-17(2)19-10-9-11-20(16-19)24(7,8)26-18(3)25-21-12-14-27(15-13-21)22(28)29-23(4,5)6/h9-11,16-17,21,25-26H,3,12-15H2,1-2,4-8H3. The summed E-state index contributed by atoms with van der Waals surface area (Å²) in [6, 6.07) is 9.02. The molecule has 0 bridgehead atoms. The molecule has 1 aliphatic rings. The van der Waals surface area contributed by atoms with E-state index in [1.807, 2.05) is 20.8 Å². The first kappa shape index (κ1) is 23.1. The van der Waals surface area contributed by atoms with Gasteiger partial charge in [-0.3, -0.25) is 0 Å². The van der Waals surface area contributed by atoms with Crippen molar-refractivity contribution in [1.82, 2.24) is 15.5 Å². The van der Waals surface area contributed by atoms with Crippen molar-refractivity contribution in [1.29, 1.82) is 0 Å². The van der Waals surface area contributed by atoms with Crippen LogP contribution in [0, 0.1) is 0 Å². The fourth-order valence-electron chi connectivity index (χ4n) is 3.55.